The van der Waals surface area contributed by atoms with Crippen LogP contribution in [-0.4, -0.2) is 19.6 Å². The predicted molar refractivity (Wildman–Crippen MR) is 60.7 cm³/mol. The number of furan rings is 1. The van der Waals surface area contributed by atoms with Crippen molar-refractivity contribution in [3.05, 3.63) is 23.7 Å². The molecule has 0 aliphatic carbocycles. The lowest BCUT2D eigenvalue weighted by atomic mass is 10.00. The molecule has 3 nitrogen and oxygen atoms in total. The first-order valence-corrected chi connectivity index (χ1v) is 5.81. The molecule has 3 heteroatoms. The molecule has 0 spiro atoms. The quantitative estimate of drug-likeness (QED) is 0.790. The Hall–Kier alpha value is -0.800. The fourth-order valence-electron chi connectivity index (χ4n) is 2.08. The van der Waals surface area contributed by atoms with Gasteiger partial charge in [0.1, 0.15) is 11.5 Å². The molecule has 1 aliphatic heterocycles. The summed E-state index contributed by atoms with van der Waals surface area (Å²) in [5.41, 5.74) is 0. The monoisotopic (exact) mass is 208 g/mol. The van der Waals surface area contributed by atoms with Crippen molar-refractivity contribution >= 4 is 0 Å². The molecular weight excluding hydrogens is 188 g/mol. The molecule has 0 saturated carbocycles. The van der Waals surface area contributed by atoms with Crippen LogP contribution < -0.4 is 10.6 Å². The average Bonchev–Trinajstić information content (AvgIpc) is 2.66. The van der Waals surface area contributed by atoms with Crippen LogP contribution in [0.25, 0.3) is 0 Å². The Labute approximate surface area is 91.2 Å². The lowest BCUT2D eigenvalue weighted by Gasteiger charge is -2.22. The van der Waals surface area contributed by atoms with Crippen molar-refractivity contribution in [3.8, 4) is 0 Å². The van der Waals surface area contributed by atoms with E-state index in [1.54, 1.807) is 0 Å². The number of piperidine rings is 1. The Morgan fingerprint density at radius 1 is 1.53 bits per heavy atom. The first kappa shape index (κ1) is 10.7. The molecule has 1 atom stereocenters. The fourth-order valence-corrected chi connectivity index (χ4v) is 2.08. The zero-order valence-corrected chi connectivity index (χ0v) is 9.38. The van der Waals surface area contributed by atoms with Gasteiger partial charge in [-0.3, -0.25) is 0 Å². The van der Waals surface area contributed by atoms with Crippen LogP contribution in [0.5, 0.6) is 0 Å². The summed E-state index contributed by atoms with van der Waals surface area (Å²) in [4.78, 5) is 0. The van der Waals surface area contributed by atoms with E-state index in [2.05, 4.69) is 10.6 Å². The van der Waals surface area contributed by atoms with E-state index in [0.717, 1.165) is 37.1 Å². The third-order valence-corrected chi connectivity index (χ3v) is 2.93. The molecule has 2 heterocycles. The molecule has 1 aliphatic rings. The van der Waals surface area contributed by atoms with E-state index >= 15 is 0 Å². The van der Waals surface area contributed by atoms with Gasteiger partial charge in [0.15, 0.2) is 0 Å². The third-order valence-electron chi connectivity index (χ3n) is 2.93. The molecule has 0 amide bonds. The first-order valence-electron chi connectivity index (χ1n) is 5.81. The zero-order valence-electron chi connectivity index (χ0n) is 9.38. The minimum atomic E-state index is 0.787. The van der Waals surface area contributed by atoms with Gasteiger partial charge in [-0.25, -0.2) is 0 Å². The van der Waals surface area contributed by atoms with E-state index in [4.69, 9.17) is 4.42 Å². The fraction of sp³-hybridized carbons (Fsp3) is 0.667. The van der Waals surface area contributed by atoms with Crippen molar-refractivity contribution in [3.63, 3.8) is 0 Å². The van der Waals surface area contributed by atoms with Gasteiger partial charge in [0, 0.05) is 0 Å². The Balaban J connectivity index is 1.65. The van der Waals surface area contributed by atoms with Crippen LogP contribution in [0.15, 0.2) is 16.5 Å². The normalized spacial score (nSPS) is 21.8. The second-order valence-corrected chi connectivity index (χ2v) is 4.36. The standard InChI is InChI=1S/C12H20N2O/c1-10-4-5-12(15-10)9-14-8-11-3-2-6-13-7-11/h4-5,11,13-14H,2-3,6-9H2,1H3. The summed E-state index contributed by atoms with van der Waals surface area (Å²) >= 11 is 0. The van der Waals surface area contributed by atoms with Gasteiger partial charge in [-0.1, -0.05) is 0 Å². The molecule has 1 unspecified atom stereocenters. The Kier molecular flexibility index (Phi) is 3.80. The van der Waals surface area contributed by atoms with Crippen LogP contribution in [0, 0.1) is 12.8 Å². The molecule has 15 heavy (non-hydrogen) atoms. The van der Waals surface area contributed by atoms with Crippen molar-refractivity contribution < 1.29 is 4.42 Å². The van der Waals surface area contributed by atoms with Gasteiger partial charge in [-0.15, -0.1) is 0 Å². The smallest absolute Gasteiger partial charge is 0.117 e. The maximum atomic E-state index is 5.49. The van der Waals surface area contributed by atoms with Gasteiger partial charge in [0.2, 0.25) is 0 Å². The summed E-state index contributed by atoms with van der Waals surface area (Å²) in [5, 5.41) is 6.88. The average molecular weight is 208 g/mol. The molecule has 1 aromatic rings. The van der Waals surface area contributed by atoms with Crippen molar-refractivity contribution in [2.24, 2.45) is 5.92 Å². The summed E-state index contributed by atoms with van der Waals surface area (Å²) in [6.07, 6.45) is 2.66. The van der Waals surface area contributed by atoms with E-state index in [1.165, 1.54) is 19.4 Å². The number of hydrogen-bond donors (Lipinski definition) is 2. The topological polar surface area (TPSA) is 37.2 Å². The Bertz CT molecular complexity index is 290. The van der Waals surface area contributed by atoms with Crippen molar-refractivity contribution in [1.29, 1.82) is 0 Å². The Morgan fingerprint density at radius 2 is 2.47 bits per heavy atom. The highest BCUT2D eigenvalue weighted by atomic mass is 16.3. The van der Waals surface area contributed by atoms with Crippen molar-refractivity contribution in [2.45, 2.75) is 26.3 Å². The van der Waals surface area contributed by atoms with Crippen LogP contribution >= 0.6 is 0 Å². The second kappa shape index (κ2) is 5.33. The van der Waals surface area contributed by atoms with Crippen LogP contribution in [0.4, 0.5) is 0 Å². The highest BCUT2D eigenvalue weighted by Gasteiger charge is 2.12. The van der Waals surface area contributed by atoms with Crippen LogP contribution in [0.2, 0.25) is 0 Å². The minimum absolute atomic E-state index is 0.787. The molecule has 0 aromatic carbocycles. The highest BCUT2D eigenvalue weighted by Crippen LogP contribution is 2.09. The largest absolute Gasteiger partial charge is 0.465 e. The van der Waals surface area contributed by atoms with Crippen LogP contribution in [-0.2, 0) is 6.54 Å². The first-order chi connectivity index (χ1) is 7.34. The van der Waals surface area contributed by atoms with Gasteiger partial charge in [0.25, 0.3) is 0 Å². The lowest BCUT2D eigenvalue weighted by molar-refractivity contribution is 0.352. The van der Waals surface area contributed by atoms with E-state index in [0.29, 0.717) is 0 Å². The maximum absolute atomic E-state index is 5.49. The molecule has 2 N–H and O–H groups in total. The van der Waals surface area contributed by atoms with Gasteiger partial charge in [0.05, 0.1) is 6.54 Å². The summed E-state index contributed by atoms with van der Waals surface area (Å²) < 4.78 is 5.49. The third kappa shape index (κ3) is 3.36. The second-order valence-electron chi connectivity index (χ2n) is 4.36. The maximum Gasteiger partial charge on any atom is 0.117 e. The van der Waals surface area contributed by atoms with Gasteiger partial charge in [-0.05, 0) is 57.5 Å². The lowest BCUT2D eigenvalue weighted by Crippen LogP contribution is -2.35. The van der Waals surface area contributed by atoms with E-state index in [1.807, 2.05) is 19.1 Å². The van der Waals surface area contributed by atoms with Crippen LogP contribution in [0.1, 0.15) is 24.4 Å². The molecule has 1 saturated heterocycles. The van der Waals surface area contributed by atoms with E-state index in [-0.39, 0.29) is 0 Å². The zero-order chi connectivity index (χ0) is 10.5. The summed E-state index contributed by atoms with van der Waals surface area (Å²) in [7, 11) is 0. The van der Waals surface area contributed by atoms with E-state index in [9.17, 15) is 0 Å². The molecule has 84 valence electrons. The number of aryl methyl sites for hydroxylation is 1. The highest BCUT2D eigenvalue weighted by molar-refractivity contribution is 5.05. The van der Waals surface area contributed by atoms with E-state index < -0.39 is 0 Å². The molecule has 0 radical (unpaired) electrons. The number of nitrogens with one attached hydrogen (secondary N) is 2. The summed E-state index contributed by atoms with van der Waals surface area (Å²) in [6, 6.07) is 4.06. The van der Waals surface area contributed by atoms with Gasteiger partial charge >= 0.3 is 0 Å². The van der Waals surface area contributed by atoms with Crippen LogP contribution in [0.3, 0.4) is 0 Å². The minimum Gasteiger partial charge on any atom is -0.465 e. The van der Waals surface area contributed by atoms with Gasteiger partial charge < -0.3 is 15.1 Å². The summed E-state index contributed by atoms with van der Waals surface area (Å²) in [6.45, 7) is 6.27. The Morgan fingerprint density at radius 3 is 3.13 bits per heavy atom. The van der Waals surface area contributed by atoms with Crippen molar-refractivity contribution in [2.75, 3.05) is 19.6 Å². The van der Waals surface area contributed by atoms with Crippen molar-refractivity contribution in [1.82, 2.24) is 10.6 Å². The molecule has 1 aromatic heterocycles. The number of hydrogen-bond acceptors (Lipinski definition) is 3. The molecule has 1 fully saturated rings. The predicted octanol–water partition coefficient (Wildman–Crippen LogP) is 1.68. The molecular formula is C12H20N2O. The number of rotatable bonds is 4. The molecule has 2 rings (SSSR count). The molecule has 0 bridgehead atoms. The SMILES string of the molecule is Cc1ccc(CNCC2CCCNC2)o1. The van der Waals surface area contributed by atoms with Gasteiger partial charge in [-0.2, -0.15) is 0 Å². The summed E-state index contributed by atoms with van der Waals surface area (Å²) in [5.74, 6) is 2.82.